The lowest BCUT2D eigenvalue weighted by atomic mass is 10.3. The zero-order chi connectivity index (χ0) is 19.8. The summed E-state index contributed by atoms with van der Waals surface area (Å²) in [5.74, 6) is -0.144. The zero-order valence-electron chi connectivity index (χ0n) is 15.1. The molecule has 27 heavy (non-hydrogen) atoms. The number of anilines is 2. The SMILES string of the molecule is C=CC(C)OC(=O)Nc1cccc(OC(=O)N(CC)c2ccc(F)cc2)c1. The van der Waals surface area contributed by atoms with Crippen LogP contribution in [0.1, 0.15) is 13.8 Å². The van der Waals surface area contributed by atoms with Gasteiger partial charge in [-0.3, -0.25) is 10.2 Å². The summed E-state index contributed by atoms with van der Waals surface area (Å²) < 4.78 is 23.5. The number of hydrogen-bond donors (Lipinski definition) is 1. The Hall–Kier alpha value is -3.35. The molecule has 0 spiro atoms. The van der Waals surface area contributed by atoms with E-state index >= 15 is 0 Å². The Morgan fingerprint density at radius 3 is 2.59 bits per heavy atom. The van der Waals surface area contributed by atoms with Crippen LogP contribution in [0.15, 0.2) is 61.2 Å². The van der Waals surface area contributed by atoms with Gasteiger partial charge in [0.15, 0.2) is 0 Å². The second-order valence-electron chi connectivity index (χ2n) is 5.59. The molecule has 0 bridgehead atoms. The summed E-state index contributed by atoms with van der Waals surface area (Å²) in [5, 5.41) is 2.55. The lowest BCUT2D eigenvalue weighted by Gasteiger charge is -2.20. The van der Waals surface area contributed by atoms with E-state index in [1.54, 1.807) is 32.0 Å². The van der Waals surface area contributed by atoms with Crippen LogP contribution in [0.25, 0.3) is 0 Å². The minimum Gasteiger partial charge on any atom is -0.442 e. The minimum atomic E-state index is -0.646. The highest BCUT2D eigenvalue weighted by Gasteiger charge is 2.17. The van der Waals surface area contributed by atoms with Crippen molar-refractivity contribution in [2.45, 2.75) is 20.0 Å². The summed E-state index contributed by atoms with van der Waals surface area (Å²) in [7, 11) is 0. The molecule has 0 saturated carbocycles. The maximum absolute atomic E-state index is 13.1. The lowest BCUT2D eigenvalue weighted by Crippen LogP contribution is -2.33. The van der Waals surface area contributed by atoms with E-state index in [0.717, 1.165) is 0 Å². The molecule has 0 aliphatic rings. The van der Waals surface area contributed by atoms with E-state index in [2.05, 4.69) is 11.9 Å². The number of carbonyl (C=O) groups is 2. The highest BCUT2D eigenvalue weighted by atomic mass is 19.1. The Morgan fingerprint density at radius 2 is 1.96 bits per heavy atom. The predicted molar refractivity (Wildman–Crippen MR) is 102 cm³/mol. The highest BCUT2D eigenvalue weighted by molar-refractivity contribution is 5.89. The van der Waals surface area contributed by atoms with Gasteiger partial charge in [-0.15, -0.1) is 0 Å². The number of benzene rings is 2. The molecule has 0 fully saturated rings. The summed E-state index contributed by atoms with van der Waals surface area (Å²) in [5.41, 5.74) is 0.923. The van der Waals surface area contributed by atoms with Gasteiger partial charge < -0.3 is 9.47 Å². The zero-order valence-corrected chi connectivity index (χ0v) is 15.1. The molecular weight excluding hydrogens is 351 g/mol. The first-order valence-electron chi connectivity index (χ1n) is 8.38. The second kappa shape index (κ2) is 9.38. The van der Waals surface area contributed by atoms with Crippen molar-refractivity contribution in [1.82, 2.24) is 0 Å². The van der Waals surface area contributed by atoms with Gasteiger partial charge in [-0.05, 0) is 50.2 Å². The predicted octanol–water partition coefficient (Wildman–Crippen LogP) is 4.97. The smallest absolute Gasteiger partial charge is 0.419 e. The van der Waals surface area contributed by atoms with Gasteiger partial charge in [-0.1, -0.05) is 18.7 Å². The number of nitrogens with one attached hydrogen (secondary N) is 1. The average molecular weight is 372 g/mol. The van der Waals surface area contributed by atoms with Crippen molar-refractivity contribution in [3.8, 4) is 5.75 Å². The van der Waals surface area contributed by atoms with E-state index in [4.69, 9.17) is 9.47 Å². The van der Waals surface area contributed by atoms with Gasteiger partial charge >= 0.3 is 12.2 Å². The normalized spacial score (nSPS) is 11.2. The summed E-state index contributed by atoms with van der Waals surface area (Å²) >= 11 is 0. The number of hydrogen-bond acceptors (Lipinski definition) is 4. The Morgan fingerprint density at radius 1 is 1.26 bits per heavy atom. The third kappa shape index (κ3) is 5.85. The first-order valence-corrected chi connectivity index (χ1v) is 8.38. The van der Waals surface area contributed by atoms with Crippen molar-refractivity contribution in [2.75, 3.05) is 16.8 Å². The maximum atomic E-state index is 13.1. The number of nitrogens with zero attached hydrogens (tertiary/aromatic N) is 1. The molecule has 0 aliphatic heterocycles. The van der Waals surface area contributed by atoms with Crippen LogP contribution in [0.2, 0.25) is 0 Å². The van der Waals surface area contributed by atoms with E-state index in [0.29, 0.717) is 17.9 Å². The standard InChI is InChI=1S/C20H21FN2O4/c1-4-14(3)26-19(24)22-16-7-6-8-18(13-16)27-20(25)23(5-2)17-11-9-15(21)10-12-17/h4,6-14H,1,5H2,2-3H3,(H,22,24). The average Bonchev–Trinajstić information content (AvgIpc) is 2.64. The number of amides is 2. The first kappa shape index (κ1) is 20.0. The fourth-order valence-corrected chi connectivity index (χ4v) is 2.20. The summed E-state index contributed by atoms with van der Waals surface area (Å²) in [6, 6.07) is 11.9. The van der Waals surface area contributed by atoms with Gasteiger partial charge in [-0.2, -0.15) is 0 Å². The molecule has 142 valence electrons. The van der Waals surface area contributed by atoms with Gasteiger partial charge in [0.25, 0.3) is 0 Å². The molecule has 0 aliphatic carbocycles. The van der Waals surface area contributed by atoms with Gasteiger partial charge in [0, 0.05) is 24.0 Å². The van der Waals surface area contributed by atoms with Crippen molar-refractivity contribution in [3.63, 3.8) is 0 Å². The van der Waals surface area contributed by atoms with Gasteiger partial charge in [0.1, 0.15) is 17.7 Å². The van der Waals surface area contributed by atoms with E-state index in [1.165, 1.54) is 41.3 Å². The van der Waals surface area contributed by atoms with Crippen LogP contribution in [0, 0.1) is 5.82 Å². The summed E-state index contributed by atoms with van der Waals surface area (Å²) in [4.78, 5) is 25.5. The van der Waals surface area contributed by atoms with Crippen LogP contribution in [-0.2, 0) is 4.74 Å². The Balaban J connectivity index is 2.05. The van der Waals surface area contributed by atoms with Crippen molar-refractivity contribution >= 4 is 23.6 Å². The number of ether oxygens (including phenoxy) is 2. The number of rotatable bonds is 6. The van der Waals surface area contributed by atoms with Crippen LogP contribution >= 0.6 is 0 Å². The van der Waals surface area contributed by atoms with Crippen LogP contribution < -0.4 is 15.0 Å². The van der Waals surface area contributed by atoms with E-state index in [1.807, 2.05) is 0 Å². The number of halogens is 1. The topological polar surface area (TPSA) is 67.9 Å². The molecule has 2 aromatic rings. The molecule has 7 heteroatoms. The second-order valence-corrected chi connectivity index (χ2v) is 5.59. The summed E-state index contributed by atoms with van der Waals surface area (Å²) in [6.07, 6.45) is -0.205. The molecule has 0 aromatic heterocycles. The van der Waals surface area contributed by atoms with Crippen molar-refractivity contribution in [2.24, 2.45) is 0 Å². The largest absolute Gasteiger partial charge is 0.442 e. The van der Waals surface area contributed by atoms with Gasteiger partial charge in [0.05, 0.1) is 0 Å². The van der Waals surface area contributed by atoms with E-state index in [-0.39, 0.29) is 11.6 Å². The van der Waals surface area contributed by atoms with Gasteiger partial charge in [-0.25, -0.2) is 14.0 Å². The minimum absolute atomic E-state index is 0.245. The lowest BCUT2D eigenvalue weighted by molar-refractivity contribution is 0.142. The molecule has 0 saturated heterocycles. The van der Waals surface area contributed by atoms with Crippen molar-refractivity contribution in [3.05, 3.63) is 67.0 Å². The molecule has 2 aromatic carbocycles. The third-order valence-corrected chi connectivity index (χ3v) is 3.59. The maximum Gasteiger partial charge on any atom is 0.419 e. The third-order valence-electron chi connectivity index (χ3n) is 3.59. The molecule has 0 radical (unpaired) electrons. The fourth-order valence-electron chi connectivity index (χ4n) is 2.20. The molecule has 1 atom stereocenters. The van der Waals surface area contributed by atoms with Gasteiger partial charge in [0.2, 0.25) is 0 Å². The monoisotopic (exact) mass is 372 g/mol. The molecule has 0 heterocycles. The Bertz CT molecular complexity index is 808. The molecule has 2 rings (SSSR count). The quantitative estimate of drug-likeness (QED) is 0.727. The Kier molecular flexibility index (Phi) is 6.93. The van der Waals surface area contributed by atoms with Crippen LogP contribution in [-0.4, -0.2) is 24.8 Å². The summed E-state index contributed by atoms with van der Waals surface area (Å²) in [6.45, 7) is 7.33. The number of carbonyl (C=O) groups excluding carboxylic acids is 2. The van der Waals surface area contributed by atoms with Crippen LogP contribution in [0.5, 0.6) is 5.75 Å². The fraction of sp³-hybridized carbons (Fsp3) is 0.200. The molecule has 1 N–H and O–H groups in total. The molecule has 6 nitrogen and oxygen atoms in total. The van der Waals surface area contributed by atoms with Crippen LogP contribution in [0.4, 0.5) is 25.4 Å². The van der Waals surface area contributed by atoms with Crippen LogP contribution in [0.3, 0.4) is 0 Å². The van der Waals surface area contributed by atoms with Crippen molar-refractivity contribution in [1.29, 1.82) is 0 Å². The highest BCUT2D eigenvalue weighted by Crippen LogP contribution is 2.21. The Labute approximate surface area is 157 Å². The molecule has 1 unspecified atom stereocenters. The molecule has 2 amide bonds. The van der Waals surface area contributed by atoms with Crippen molar-refractivity contribution < 1.29 is 23.5 Å². The van der Waals surface area contributed by atoms with E-state index in [9.17, 15) is 14.0 Å². The molecular formula is C20H21FN2O4. The first-order chi connectivity index (χ1) is 12.9. The van der Waals surface area contributed by atoms with E-state index < -0.39 is 18.3 Å².